The number of benzene rings is 4. The molecule has 46 heavy (non-hydrogen) atoms. The third-order valence-corrected chi connectivity index (χ3v) is 7.65. The van der Waals surface area contributed by atoms with Gasteiger partial charge in [0.1, 0.15) is 18.4 Å². The van der Waals surface area contributed by atoms with Crippen LogP contribution in [-0.2, 0) is 22.6 Å². The molecule has 4 rings (SSSR count). The molecule has 0 unspecified atom stereocenters. The second-order valence-corrected chi connectivity index (χ2v) is 11.7. The van der Waals surface area contributed by atoms with Crippen LogP contribution in [0, 0.1) is 0 Å². The summed E-state index contributed by atoms with van der Waals surface area (Å²) in [5.41, 5.74) is 4.79. The average molecular weight is 703 g/mol. The second-order valence-electron chi connectivity index (χ2n) is 9.98. The molecular formula is C34H31Cl4N3O5. The van der Waals surface area contributed by atoms with Crippen molar-refractivity contribution in [3.8, 4) is 17.2 Å². The smallest absolute Gasteiger partial charge is 0.262 e. The van der Waals surface area contributed by atoms with Crippen molar-refractivity contribution >= 4 is 64.4 Å². The first-order valence-corrected chi connectivity index (χ1v) is 15.8. The van der Waals surface area contributed by atoms with Crippen molar-refractivity contribution in [1.29, 1.82) is 0 Å². The number of hydrazone groups is 1. The maximum atomic E-state index is 13.3. The third-order valence-electron chi connectivity index (χ3n) is 6.54. The maximum absolute atomic E-state index is 13.3. The quantitative estimate of drug-likeness (QED) is 0.103. The number of carbonyl (C=O) groups excluding carboxylic acids is 2. The van der Waals surface area contributed by atoms with Crippen LogP contribution in [0.5, 0.6) is 17.2 Å². The van der Waals surface area contributed by atoms with Crippen molar-refractivity contribution in [2.75, 3.05) is 6.61 Å². The van der Waals surface area contributed by atoms with E-state index in [1.165, 1.54) is 12.3 Å². The van der Waals surface area contributed by atoms with E-state index in [2.05, 4.69) is 15.8 Å². The van der Waals surface area contributed by atoms with Crippen molar-refractivity contribution in [2.24, 2.45) is 5.10 Å². The second kappa shape index (κ2) is 17.1. The molecule has 2 atom stereocenters. The topological polar surface area (TPSA) is 98.2 Å². The fourth-order valence-corrected chi connectivity index (χ4v) is 5.11. The van der Waals surface area contributed by atoms with E-state index < -0.39 is 24.0 Å². The summed E-state index contributed by atoms with van der Waals surface area (Å²) in [4.78, 5) is 26.3. The van der Waals surface area contributed by atoms with E-state index in [1.54, 1.807) is 55.5 Å². The van der Waals surface area contributed by atoms with Crippen LogP contribution >= 0.6 is 46.4 Å². The summed E-state index contributed by atoms with van der Waals surface area (Å²) in [6.07, 6.45) is 0.734. The van der Waals surface area contributed by atoms with E-state index in [0.29, 0.717) is 44.5 Å². The molecule has 4 aromatic carbocycles. The minimum Gasteiger partial charge on any atom is -0.490 e. The van der Waals surface area contributed by atoms with E-state index >= 15 is 0 Å². The Morgan fingerprint density at radius 2 is 1.50 bits per heavy atom. The van der Waals surface area contributed by atoms with Crippen molar-refractivity contribution in [3.63, 3.8) is 0 Å². The molecule has 0 aliphatic carbocycles. The summed E-state index contributed by atoms with van der Waals surface area (Å²) in [5.74, 6) is 0.264. The molecule has 240 valence electrons. The van der Waals surface area contributed by atoms with Gasteiger partial charge < -0.3 is 19.5 Å². The number of nitrogens with one attached hydrogen (secondary N) is 2. The first-order valence-electron chi connectivity index (χ1n) is 14.3. The van der Waals surface area contributed by atoms with Gasteiger partial charge in [-0.25, -0.2) is 5.43 Å². The summed E-state index contributed by atoms with van der Waals surface area (Å²) in [5, 5.41) is 8.62. The Morgan fingerprint density at radius 3 is 2.20 bits per heavy atom. The van der Waals surface area contributed by atoms with Crippen LogP contribution in [0.2, 0.25) is 20.1 Å². The van der Waals surface area contributed by atoms with Gasteiger partial charge in [-0.15, -0.1) is 0 Å². The number of ether oxygens (including phenoxy) is 3. The van der Waals surface area contributed by atoms with E-state index in [0.717, 1.165) is 11.1 Å². The van der Waals surface area contributed by atoms with Crippen LogP contribution in [0.1, 0.15) is 30.5 Å². The van der Waals surface area contributed by atoms with Gasteiger partial charge in [0.05, 0.1) is 17.8 Å². The van der Waals surface area contributed by atoms with Crippen molar-refractivity contribution < 1.29 is 23.8 Å². The molecule has 0 bridgehead atoms. The van der Waals surface area contributed by atoms with Gasteiger partial charge in [-0.1, -0.05) is 82.8 Å². The molecule has 0 radical (unpaired) electrons. The molecule has 2 amide bonds. The number of halogens is 4. The van der Waals surface area contributed by atoms with Gasteiger partial charge in [0.2, 0.25) is 0 Å². The lowest BCUT2D eigenvalue weighted by atomic mass is 10.1. The number of rotatable bonds is 14. The molecule has 0 saturated carbocycles. The maximum Gasteiger partial charge on any atom is 0.262 e. The third kappa shape index (κ3) is 10.3. The van der Waals surface area contributed by atoms with Crippen LogP contribution in [0.4, 0.5) is 0 Å². The van der Waals surface area contributed by atoms with Gasteiger partial charge >= 0.3 is 0 Å². The number of nitrogens with zero attached hydrogens (tertiary/aromatic N) is 1. The van der Waals surface area contributed by atoms with Crippen LogP contribution in [0.25, 0.3) is 0 Å². The molecule has 0 fully saturated rings. The highest BCUT2D eigenvalue weighted by atomic mass is 35.5. The largest absolute Gasteiger partial charge is 0.490 e. The summed E-state index contributed by atoms with van der Waals surface area (Å²) < 4.78 is 17.5. The van der Waals surface area contributed by atoms with E-state index in [1.807, 2.05) is 37.3 Å². The molecule has 0 aliphatic heterocycles. The summed E-state index contributed by atoms with van der Waals surface area (Å²) in [7, 11) is 0. The Morgan fingerprint density at radius 1 is 0.804 bits per heavy atom. The number of amides is 2. The lowest BCUT2D eigenvalue weighted by molar-refractivity contribution is -0.132. The zero-order valence-electron chi connectivity index (χ0n) is 24.9. The van der Waals surface area contributed by atoms with Gasteiger partial charge in [-0.3, -0.25) is 9.59 Å². The van der Waals surface area contributed by atoms with Gasteiger partial charge in [0.15, 0.2) is 17.6 Å². The Kier molecular flexibility index (Phi) is 13.0. The Hall–Kier alpha value is -3.95. The predicted molar refractivity (Wildman–Crippen MR) is 183 cm³/mol. The van der Waals surface area contributed by atoms with Crippen LogP contribution in [0.15, 0.2) is 90.0 Å². The summed E-state index contributed by atoms with van der Waals surface area (Å²) in [6, 6.07) is 23.5. The predicted octanol–water partition coefficient (Wildman–Crippen LogP) is 7.92. The van der Waals surface area contributed by atoms with E-state index in [-0.39, 0.29) is 18.1 Å². The number of carbonyl (C=O) groups is 2. The number of hydrogen-bond donors (Lipinski definition) is 2. The molecular weight excluding hydrogens is 672 g/mol. The first kappa shape index (κ1) is 34.9. The summed E-state index contributed by atoms with van der Waals surface area (Å²) >= 11 is 24.4. The summed E-state index contributed by atoms with van der Waals surface area (Å²) in [6.45, 7) is 4.04. The van der Waals surface area contributed by atoms with Crippen LogP contribution < -0.4 is 25.0 Å². The zero-order chi connectivity index (χ0) is 33.1. The molecule has 2 N–H and O–H groups in total. The lowest BCUT2D eigenvalue weighted by Crippen LogP contribution is -2.50. The van der Waals surface area contributed by atoms with Gasteiger partial charge in [0, 0.05) is 27.1 Å². The van der Waals surface area contributed by atoms with Gasteiger partial charge in [0.25, 0.3) is 11.8 Å². The molecule has 4 aromatic rings. The van der Waals surface area contributed by atoms with Crippen molar-refractivity contribution in [3.05, 3.63) is 122 Å². The van der Waals surface area contributed by atoms with E-state index in [4.69, 9.17) is 60.6 Å². The van der Waals surface area contributed by atoms with Crippen molar-refractivity contribution in [1.82, 2.24) is 10.7 Å². The Balaban J connectivity index is 1.42. The zero-order valence-corrected chi connectivity index (χ0v) is 28.0. The fraction of sp³-hybridized carbons (Fsp3) is 0.206. The molecule has 0 heterocycles. The van der Waals surface area contributed by atoms with Gasteiger partial charge in [-0.2, -0.15) is 5.10 Å². The monoisotopic (exact) mass is 701 g/mol. The highest BCUT2D eigenvalue weighted by Crippen LogP contribution is 2.31. The van der Waals surface area contributed by atoms with E-state index in [9.17, 15) is 9.59 Å². The fourth-order valence-electron chi connectivity index (χ4n) is 4.20. The standard InChI is InChI=1S/C34H31Cl4N3O5/c1-3-44-32-16-23(9-13-31(32)45-20-24-10-11-25(35)17-27(24)37)19-39-41-34(43)29(15-22-7-5-4-6-8-22)40-33(42)21(2)46-30-14-12-26(36)18-28(30)38/h4-14,16-19,21,29H,3,15,20H2,1-2H3,(H,40,42)(H,41,43)/b39-19-/t21-,29-/m1/s1. The minimum atomic E-state index is -0.957. The van der Waals surface area contributed by atoms with Crippen LogP contribution in [0.3, 0.4) is 0 Å². The normalized spacial score (nSPS) is 12.3. The minimum absolute atomic E-state index is 0.213. The molecule has 0 spiro atoms. The molecule has 8 nitrogen and oxygen atoms in total. The first-order chi connectivity index (χ1) is 22.1. The SMILES string of the molecule is CCOc1cc(/C=N\NC(=O)[C@@H](Cc2ccccc2)NC(=O)[C@@H](C)Oc2ccc(Cl)cc2Cl)ccc1OCc1ccc(Cl)cc1Cl. The Labute approximate surface area is 287 Å². The molecule has 0 saturated heterocycles. The van der Waals surface area contributed by atoms with Gasteiger partial charge in [-0.05, 0) is 73.5 Å². The highest BCUT2D eigenvalue weighted by Gasteiger charge is 2.25. The lowest BCUT2D eigenvalue weighted by Gasteiger charge is -2.21. The molecule has 0 aromatic heterocycles. The molecule has 12 heteroatoms. The molecule has 0 aliphatic rings. The number of hydrogen-bond acceptors (Lipinski definition) is 6. The van der Waals surface area contributed by atoms with Crippen LogP contribution in [-0.4, -0.2) is 36.8 Å². The highest BCUT2D eigenvalue weighted by molar-refractivity contribution is 6.35. The average Bonchev–Trinajstić information content (AvgIpc) is 3.03. The Bertz CT molecular complexity index is 1690. The van der Waals surface area contributed by atoms with Crippen molar-refractivity contribution in [2.45, 2.75) is 39.0 Å².